The molecular formula is C10H14N4S. The summed E-state index contributed by atoms with van der Waals surface area (Å²) in [6.07, 6.45) is 5.45. The molecule has 0 saturated carbocycles. The molecule has 5 heteroatoms. The van der Waals surface area contributed by atoms with Gasteiger partial charge in [-0.2, -0.15) is 0 Å². The minimum atomic E-state index is 0.458. The van der Waals surface area contributed by atoms with E-state index in [1.54, 1.807) is 17.5 Å². The van der Waals surface area contributed by atoms with Gasteiger partial charge < -0.3 is 10.3 Å². The number of hydrogen-bond donors (Lipinski definition) is 2. The molecular weight excluding hydrogens is 208 g/mol. The van der Waals surface area contributed by atoms with Gasteiger partial charge in [-0.3, -0.25) is 0 Å². The van der Waals surface area contributed by atoms with Crippen molar-refractivity contribution in [3.63, 3.8) is 0 Å². The smallest absolute Gasteiger partial charge is 0.120 e. The second kappa shape index (κ2) is 5.04. The first-order valence-electron chi connectivity index (χ1n) is 4.94. The molecule has 0 aromatic carbocycles. The Kier molecular flexibility index (Phi) is 3.47. The lowest BCUT2D eigenvalue weighted by molar-refractivity contribution is 0.600. The van der Waals surface area contributed by atoms with Crippen molar-refractivity contribution in [3.05, 3.63) is 34.8 Å². The van der Waals surface area contributed by atoms with Crippen LogP contribution in [0.2, 0.25) is 0 Å². The van der Waals surface area contributed by atoms with Crippen LogP contribution < -0.4 is 5.32 Å². The van der Waals surface area contributed by atoms with E-state index < -0.39 is 0 Å². The van der Waals surface area contributed by atoms with Crippen molar-refractivity contribution in [1.82, 2.24) is 20.3 Å². The molecule has 0 aliphatic carbocycles. The highest BCUT2D eigenvalue weighted by Crippen LogP contribution is 2.16. The van der Waals surface area contributed by atoms with Gasteiger partial charge in [-0.15, -0.1) is 11.3 Å². The van der Waals surface area contributed by atoms with E-state index in [2.05, 4.69) is 27.2 Å². The van der Waals surface area contributed by atoms with Crippen LogP contribution in [0.1, 0.15) is 23.7 Å². The molecule has 0 fully saturated rings. The molecule has 2 heterocycles. The summed E-state index contributed by atoms with van der Waals surface area (Å²) < 4.78 is 0. The molecule has 0 radical (unpaired) electrons. The van der Waals surface area contributed by atoms with Crippen LogP contribution in [0.25, 0.3) is 0 Å². The highest BCUT2D eigenvalue weighted by Gasteiger charge is 2.07. The van der Waals surface area contributed by atoms with Crippen molar-refractivity contribution in [3.8, 4) is 0 Å². The lowest BCUT2D eigenvalue weighted by atomic mass is 10.2. The molecule has 1 unspecified atom stereocenters. The average Bonchev–Trinajstić information content (AvgIpc) is 2.90. The van der Waals surface area contributed by atoms with Crippen LogP contribution in [0, 0.1) is 0 Å². The summed E-state index contributed by atoms with van der Waals surface area (Å²) in [7, 11) is 0. The molecule has 15 heavy (non-hydrogen) atoms. The maximum Gasteiger partial charge on any atom is 0.120 e. The van der Waals surface area contributed by atoms with Crippen molar-refractivity contribution in [1.29, 1.82) is 0 Å². The largest absolute Gasteiger partial charge is 0.348 e. The lowest BCUT2D eigenvalue weighted by Gasteiger charge is -2.08. The predicted octanol–water partition coefficient (Wildman–Crippen LogP) is 1.76. The van der Waals surface area contributed by atoms with Crippen LogP contribution in [0.4, 0.5) is 0 Å². The van der Waals surface area contributed by atoms with Crippen molar-refractivity contribution in [2.75, 3.05) is 6.54 Å². The first kappa shape index (κ1) is 10.3. The molecule has 2 aromatic rings. The number of aromatic amines is 1. The molecule has 2 N–H and O–H groups in total. The van der Waals surface area contributed by atoms with E-state index in [-0.39, 0.29) is 0 Å². The predicted molar refractivity (Wildman–Crippen MR) is 60.8 cm³/mol. The van der Waals surface area contributed by atoms with Crippen LogP contribution in [-0.4, -0.2) is 21.5 Å². The van der Waals surface area contributed by atoms with E-state index in [1.165, 1.54) is 5.01 Å². The molecule has 80 valence electrons. The van der Waals surface area contributed by atoms with Crippen molar-refractivity contribution in [2.45, 2.75) is 19.4 Å². The zero-order valence-electron chi connectivity index (χ0n) is 8.60. The van der Waals surface area contributed by atoms with Gasteiger partial charge in [-0.05, 0) is 0 Å². The molecule has 0 bridgehead atoms. The van der Waals surface area contributed by atoms with Crippen molar-refractivity contribution >= 4 is 11.3 Å². The Balaban J connectivity index is 1.74. The summed E-state index contributed by atoms with van der Waals surface area (Å²) in [6.45, 7) is 3.88. The third kappa shape index (κ3) is 2.87. The highest BCUT2D eigenvalue weighted by atomic mass is 32.1. The number of nitrogens with one attached hydrogen (secondary N) is 2. The quantitative estimate of drug-likeness (QED) is 0.810. The Hall–Kier alpha value is -1.20. The number of aromatic nitrogens is 3. The minimum absolute atomic E-state index is 0.458. The Bertz CT molecular complexity index is 368. The fourth-order valence-corrected chi connectivity index (χ4v) is 2.07. The van der Waals surface area contributed by atoms with E-state index in [1.807, 2.05) is 17.8 Å². The first-order chi connectivity index (χ1) is 7.36. The van der Waals surface area contributed by atoms with Gasteiger partial charge in [-0.1, -0.05) is 6.92 Å². The number of H-pyrrole nitrogens is 1. The summed E-state index contributed by atoms with van der Waals surface area (Å²) >= 11 is 1.70. The highest BCUT2D eigenvalue weighted by molar-refractivity contribution is 7.09. The van der Waals surface area contributed by atoms with E-state index in [9.17, 15) is 0 Å². The number of imidazole rings is 1. The summed E-state index contributed by atoms with van der Waals surface area (Å²) in [4.78, 5) is 11.5. The lowest BCUT2D eigenvalue weighted by Crippen LogP contribution is -2.20. The molecule has 4 nitrogen and oxygen atoms in total. The van der Waals surface area contributed by atoms with Crippen molar-refractivity contribution < 1.29 is 0 Å². The van der Waals surface area contributed by atoms with Gasteiger partial charge in [0.05, 0.1) is 11.6 Å². The zero-order chi connectivity index (χ0) is 10.5. The minimum Gasteiger partial charge on any atom is -0.348 e. The first-order valence-corrected chi connectivity index (χ1v) is 5.82. The van der Waals surface area contributed by atoms with Gasteiger partial charge in [0, 0.05) is 36.4 Å². The number of rotatable bonds is 5. The van der Waals surface area contributed by atoms with Gasteiger partial charge in [-0.25, -0.2) is 9.97 Å². The SMILES string of the molecule is CC(CNCc1ncc[nH]1)c1nccs1. The fourth-order valence-electron chi connectivity index (χ4n) is 1.37. The summed E-state index contributed by atoms with van der Waals surface area (Å²) in [5, 5.41) is 6.54. The zero-order valence-corrected chi connectivity index (χ0v) is 9.42. The molecule has 0 saturated heterocycles. The normalized spacial score (nSPS) is 12.9. The average molecular weight is 222 g/mol. The Morgan fingerprint density at radius 3 is 3.07 bits per heavy atom. The van der Waals surface area contributed by atoms with E-state index in [0.717, 1.165) is 18.9 Å². The molecule has 0 aliphatic heterocycles. The topological polar surface area (TPSA) is 53.6 Å². The number of hydrogen-bond acceptors (Lipinski definition) is 4. The molecule has 0 spiro atoms. The summed E-state index contributed by atoms with van der Waals surface area (Å²) in [6, 6.07) is 0. The van der Waals surface area contributed by atoms with Crippen molar-refractivity contribution in [2.24, 2.45) is 0 Å². The summed E-state index contributed by atoms with van der Waals surface area (Å²) in [5.41, 5.74) is 0. The Morgan fingerprint density at radius 1 is 1.47 bits per heavy atom. The molecule has 2 aromatic heterocycles. The standard InChI is InChI=1S/C10H14N4S/c1-8(10-14-4-5-15-10)6-11-7-9-12-2-3-13-9/h2-5,8,11H,6-7H2,1H3,(H,12,13). The fraction of sp³-hybridized carbons (Fsp3) is 0.400. The molecule has 1 atom stereocenters. The molecule has 0 aliphatic rings. The Labute approximate surface area is 92.8 Å². The van der Waals surface area contributed by atoms with Gasteiger partial charge in [0.1, 0.15) is 5.82 Å². The van der Waals surface area contributed by atoms with Crippen LogP contribution in [0.3, 0.4) is 0 Å². The van der Waals surface area contributed by atoms with Crippen LogP contribution in [-0.2, 0) is 6.54 Å². The third-order valence-corrected chi connectivity index (χ3v) is 3.18. The second-order valence-corrected chi connectivity index (χ2v) is 4.36. The third-order valence-electron chi connectivity index (χ3n) is 2.17. The van der Waals surface area contributed by atoms with Gasteiger partial charge in [0.25, 0.3) is 0 Å². The Morgan fingerprint density at radius 2 is 2.40 bits per heavy atom. The van der Waals surface area contributed by atoms with E-state index >= 15 is 0 Å². The summed E-state index contributed by atoms with van der Waals surface area (Å²) in [5.74, 6) is 1.43. The van der Waals surface area contributed by atoms with Crippen LogP contribution in [0.15, 0.2) is 24.0 Å². The monoisotopic (exact) mass is 222 g/mol. The van der Waals surface area contributed by atoms with Crippen LogP contribution in [0.5, 0.6) is 0 Å². The van der Waals surface area contributed by atoms with Gasteiger partial charge in [0.2, 0.25) is 0 Å². The molecule has 0 amide bonds. The van der Waals surface area contributed by atoms with E-state index in [0.29, 0.717) is 5.92 Å². The van der Waals surface area contributed by atoms with Crippen LogP contribution >= 0.6 is 11.3 Å². The van der Waals surface area contributed by atoms with E-state index in [4.69, 9.17) is 0 Å². The molecule has 2 rings (SSSR count). The van der Waals surface area contributed by atoms with Gasteiger partial charge >= 0.3 is 0 Å². The van der Waals surface area contributed by atoms with Gasteiger partial charge in [0.15, 0.2) is 0 Å². The maximum absolute atomic E-state index is 4.29. The number of nitrogens with zero attached hydrogens (tertiary/aromatic N) is 2. The second-order valence-electron chi connectivity index (χ2n) is 3.44. The number of thiazole rings is 1. The maximum atomic E-state index is 4.29.